The summed E-state index contributed by atoms with van der Waals surface area (Å²) in [6, 6.07) is 0. The zero-order valence-electron chi connectivity index (χ0n) is 47.7. The second kappa shape index (κ2) is 51.9. The van der Waals surface area contributed by atoms with Gasteiger partial charge in [0.2, 0.25) is 0 Å². The molecule has 6 unspecified atom stereocenters. The van der Waals surface area contributed by atoms with E-state index in [1.807, 2.05) is 12.2 Å². The molecule has 1 rings (SSSR count). The van der Waals surface area contributed by atoms with Crippen molar-refractivity contribution < 1.29 is 58.2 Å². The van der Waals surface area contributed by atoms with E-state index in [4.69, 9.17) is 23.7 Å². The van der Waals surface area contributed by atoms with Gasteiger partial charge in [-0.15, -0.1) is 0 Å². The van der Waals surface area contributed by atoms with E-state index >= 15 is 0 Å². The standard InChI is InChI=1S/C65H102O12/c1-4-7-10-13-16-19-22-24-26-28-29-31-32-34-37-39-42-45-48-51-57(66)73-54-56(75-58(67)52-49-46-43-41-38-35-33-30-27-25-23-20-17-14-11-8-5-2)55-74-65-63(61(70)60(69)62(77-65)64(71)72)76-59(68)53-50-47-44-40-36-21-18-15-12-9-6-3/h7-8,10-11,15-20,24-27,29,31,33,35,41,43,56,60-63,65,69-70H,4-6,9,12-14,21-23,28,30,32,34,36-40,42,44-55H2,1-3H3,(H,71,72)/b10-7-,11-8-,18-15-,19-16-,20-17-,26-24-,27-25-,31-29-,35-33-,43-41-. The molecule has 0 saturated carbocycles. The lowest BCUT2D eigenvalue weighted by atomic mass is 9.98. The molecule has 6 atom stereocenters. The van der Waals surface area contributed by atoms with Crippen LogP contribution in [0.15, 0.2) is 122 Å². The summed E-state index contributed by atoms with van der Waals surface area (Å²) in [7, 11) is 0. The molecule has 12 heteroatoms. The highest BCUT2D eigenvalue weighted by atomic mass is 16.7. The molecule has 12 nitrogen and oxygen atoms in total. The molecule has 0 aromatic heterocycles. The van der Waals surface area contributed by atoms with Crippen LogP contribution in [0.4, 0.5) is 0 Å². The van der Waals surface area contributed by atoms with Crippen molar-refractivity contribution in [2.45, 2.75) is 250 Å². The minimum atomic E-state index is -1.92. The number of rotatable bonds is 48. The predicted octanol–water partition coefficient (Wildman–Crippen LogP) is 15.2. The number of hydrogen-bond acceptors (Lipinski definition) is 11. The Kier molecular flexibility index (Phi) is 47.2. The maximum absolute atomic E-state index is 13.1. The van der Waals surface area contributed by atoms with Crippen molar-refractivity contribution >= 4 is 23.9 Å². The molecule has 3 N–H and O–H groups in total. The SMILES string of the molecule is CC/C=C\C/C=C\C/C=C\C/C=C\C/C=C\CCCC(=O)OC(COC(=O)CCCCCCCC/C=C\C/C=C\C/C=C\C/C=C\CC)COC1OC(C(=O)O)C(O)C(O)C1OC(=O)CCCCCCC/C=C\CCCC. The van der Waals surface area contributed by atoms with Crippen LogP contribution in [-0.4, -0.2) is 89.2 Å². The minimum absolute atomic E-state index is 0.0355. The first kappa shape index (κ1) is 70.1. The summed E-state index contributed by atoms with van der Waals surface area (Å²) in [4.78, 5) is 51.1. The number of carboxylic acid groups (broad SMARTS) is 1. The van der Waals surface area contributed by atoms with Crippen molar-refractivity contribution in [1.82, 2.24) is 0 Å². The van der Waals surface area contributed by atoms with E-state index < -0.39 is 67.3 Å². The average Bonchev–Trinajstić information content (AvgIpc) is 3.42. The third kappa shape index (κ3) is 41.8. The van der Waals surface area contributed by atoms with Crippen LogP contribution in [0, 0.1) is 0 Å². The van der Waals surface area contributed by atoms with Gasteiger partial charge < -0.3 is 39.0 Å². The predicted molar refractivity (Wildman–Crippen MR) is 312 cm³/mol. The van der Waals surface area contributed by atoms with Gasteiger partial charge >= 0.3 is 23.9 Å². The fourth-order valence-electron chi connectivity index (χ4n) is 8.02. The Hall–Kier alpha value is -4.88. The number of ether oxygens (including phenoxy) is 5. The molecule has 0 aliphatic carbocycles. The lowest BCUT2D eigenvalue weighted by molar-refractivity contribution is -0.301. The Bertz CT molecular complexity index is 1800. The maximum atomic E-state index is 13.1. The summed E-state index contributed by atoms with van der Waals surface area (Å²) < 4.78 is 28.3. The first-order valence-corrected chi connectivity index (χ1v) is 29.5. The molecule has 1 saturated heterocycles. The summed E-state index contributed by atoms with van der Waals surface area (Å²) in [6.07, 6.45) is 58.9. The number of aliphatic hydroxyl groups is 2. The number of allylic oxidation sites excluding steroid dienone is 20. The number of aliphatic hydroxyl groups excluding tert-OH is 2. The van der Waals surface area contributed by atoms with Gasteiger partial charge in [0.1, 0.15) is 18.8 Å². The Balaban J connectivity index is 2.74. The van der Waals surface area contributed by atoms with Gasteiger partial charge in [-0.25, -0.2) is 4.79 Å². The fraction of sp³-hybridized carbons (Fsp3) is 0.631. The molecule has 1 heterocycles. The van der Waals surface area contributed by atoms with Crippen LogP contribution in [0.25, 0.3) is 0 Å². The number of esters is 3. The van der Waals surface area contributed by atoms with E-state index in [1.165, 1.54) is 12.8 Å². The topological polar surface area (TPSA) is 175 Å². The van der Waals surface area contributed by atoms with E-state index in [-0.39, 0.29) is 25.9 Å². The Morgan fingerprint density at radius 1 is 0.442 bits per heavy atom. The van der Waals surface area contributed by atoms with Crippen molar-refractivity contribution in [3.05, 3.63) is 122 Å². The summed E-state index contributed by atoms with van der Waals surface area (Å²) in [6.45, 7) is 5.64. The molecule has 434 valence electrons. The lowest BCUT2D eigenvalue weighted by Gasteiger charge is -2.40. The highest BCUT2D eigenvalue weighted by molar-refractivity contribution is 5.74. The molecule has 0 aromatic rings. The van der Waals surface area contributed by atoms with Crippen LogP contribution < -0.4 is 0 Å². The molecule has 1 aliphatic heterocycles. The molecule has 0 spiro atoms. The zero-order valence-corrected chi connectivity index (χ0v) is 47.7. The van der Waals surface area contributed by atoms with Crippen LogP contribution >= 0.6 is 0 Å². The van der Waals surface area contributed by atoms with Gasteiger partial charge in [0.25, 0.3) is 0 Å². The third-order valence-corrected chi connectivity index (χ3v) is 12.5. The van der Waals surface area contributed by atoms with E-state index in [9.17, 15) is 34.5 Å². The van der Waals surface area contributed by atoms with E-state index in [1.54, 1.807) is 0 Å². The molecule has 1 fully saturated rings. The molecular weight excluding hydrogens is 973 g/mol. The summed E-state index contributed by atoms with van der Waals surface area (Å²) in [5.41, 5.74) is 0. The van der Waals surface area contributed by atoms with Crippen LogP contribution in [0.3, 0.4) is 0 Å². The van der Waals surface area contributed by atoms with Gasteiger partial charge in [0.15, 0.2) is 24.6 Å². The van der Waals surface area contributed by atoms with E-state index in [2.05, 4.69) is 130 Å². The van der Waals surface area contributed by atoms with Gasteiger partial charge in [-0.05, 0) is 116 Å². The number of aliphatic carboxylic acids is 1. The molecule has 0 radical (unpaired) electrons. The normalized spacial score (nSPS) is 18.9. The average molecular weight is 1080 g/mol. The number of carbonyl (C=O) groups is 4. The van der Waals surface area contributed by atoms with Crippen LogP contribution in [-0.2, 0) is 42.9 Å². The van der Waals surface area contributed by atoms with Crippen molar-refractivity contribution in [3.63, 3.8) is 0 Å². The van der Waals surface area contributed by atoms with Gasteiger partial charge in [0, 0.05) is 19.3 Å². The highest BCUT2D eigenvalue weighted by Crippen LogP contribution is 2.26. The van der Waals surface area contributed by atoms with Gasteiger partial charge in [-0.3, -0.25) is 14.4 Å². The third-order valence-electron chi connectivity index (χ3n) is 12.5. The monoisotopic (exact) mass is 1070 g/mol. The highest BCUT2D eigenvalue weighted by Gasteiger charge is 2.50. The summed E-state index contributed by atoms with van der Waals surface area (Å²) in [5.74, 6) is -3.25. The van der Waals surface area contributed by atoms with Crippen LogP contribution in [0.1, 0.15) is 213 Å². The zero-order chi connectivity index (χ0) is 56.1. The smallest absolute Gasteiger partial charge is 0.335 e. The van der Waals surface area contributed by atoms with E-state index in [0.29, 0.717) is 25.7 Å². The molecule has 0 aromatic carbocycles. The minimum Gasteiger partial charge on any atom is -0.479 e. The second-order valence-corrected chi connectivity index (χ2v) is 19.5. The molecule has 77 heavy (non-hydrogen) atoms. The Labute approximate surface area is 465 Å². The molecule has 0 amide bonds. The summed E-state index contributed by atoms with van der Waals surface area (Å²) in [5, 5.41) is 31.4. The molecule has 1 aliphatic rings. The van der Waals surface area contributed by atoms with Gasteiger partial charge in [-0.2, -0.15) is 0 Å². The first-order chi connectivity index (χ1) is 37.6. The van der Waals surface area contributed by atoms with Gasteiger partial charge in [-0.1, -0.05) is 200 Å². The van der Waals surface area contributed by atoms with Crippen molar-refractivity contribution in [2.75, 3.05) is 13.2 Å². The maximum Gasteiger partial charge on any atom is 0.335 e. The van der Waals surface area contributed by atoms with E-state index in [0.717, 1.165) is 135 Å². The van der Waals surface area contributed by atoms with Crippen LogP contribution in [0.5, 0.6) is 0 Å². The number of unbranched alkanes of at least 4 members (excludes halogenated alkanes) is 14. The Morgan fingerprint density at radius 3 is 1.30 bits per heavy atom. The largest absolute Gasteiger partial charge is 0.479 e. The summed E-state index contributed by atoms with van der Waals surface area (Å²) >= 11 is 0. The van der Waals surface area contributed by atoms with Crippen molar-refractivity contribution in [3.8, 4) is 0 Å². The molecular formula is C65H102O12. The second-order valence-electron chi connectivity index (χ2n) is 19.5. The quantitative estimate of drug-likeness (QED) is 0.0228. The number of carbonyl (C=O) groups excluding carboxylic acids is 3. The molecule has 0 bridgehead atoms. The van der Waals surface area contributed by atoms with Crippen molar-refractivity contribution in [2.24, 2.45) is 0 Å². The lowest BCUT2D eigenvalue weighted by Crippen LogP contribution is -2.61. The van der Waals surface area contributed by atoms with Crippen molar-refractivity contribution in [1.29, 1.82) is 0 Å². The first-order valence-electron chi connectivity index (χ1n) is 29.5. The fourth-order valence-corrected chi connectivity index (χ4v) is 8.02. The Morgan fingerprint density at radius 2 is 0.831 bits per heavy atom. The number of hydrogen-bond donors (Lipinski definition) is 3. The van der Waals surface area contributed by atoms with Crippen LogP contribution in [0.2, 0.25) is 0 Å². The van der Waals surface area contributed by atoms with Gasteiger partial charge in [0.05, 0.1) is 6.61 Å². The number of carboxylic acids is 1.